The molecular formula is C13H18N4O3. The van der Waals surface area contributed by atoms with Gasteiger partial charge in [0.1, 0.15) is 5.92 Å². The Labute approximate surface area is 117 Å². The molecule has 0 aliphatic carbocycles. The molecule has 2 atom stereocenters. The molecule has 0 radical (unpaired) electrons. The van der Waals surface area contributed by atoms with E-state index in [1.165, 1.54) is 0 Å². The number of amides is 4. The largest absolute Gasteiger partial charge is 0.335 e. The van der Waals surface area contributed by atoms with Crippen molar-refractivity contribution in [1.29, 1.82) is 0 Å². The SMILES string of the molecule is CC(C)C1C(=O)NC(=O)N(C(C)Cn2ccnc2)C1=O. The van der Waals surface area contributed by atoms with Gasteiger partial charge in [0.15, 0.2) is 0 Å². The lowest BCUT2D eigenvalue weighted by Crippen LogP contribution is -2.62. The third kappa shape index (κ3) is 2.56. The monoisotopic (exact) mass is 278 g/mol. The molecule has 1 aliphatic heterocycles. The summed E-state index contributed by atoms with van der Waals surface area (Å²) in [5, 5.41) is 2.25. The third-order valence-corrected chi connectivity index (χ3v) is 3.38. The molecule has 1 N–H and O–H groups in total. The Hall–Kier alpha value is -2.18. The second kappa shape index (κ2) is 5.44. The van der Waals surface area contributed by atoms with Gasteiger partial charge >= 0.3 is 6.03 Å². The molecule has 2 rings (SSSR count). The molecule has 1 fully saturated rings. The normalized spacial score (nSPS) is 21.3. The standard InChI is InChI=1S/C13H18N4O3/c1-8(2)10-11(18)15-13(20)17(12(10)19)9(3)6-16-5-4-14-7-16/h4-5,7-10H,6H2,1-3H3,(H,15,18,20). The Kier molecular flexibility index (Phi) is 3.87. The third-order valence-electron chi connectivity index (χ3n) is 3.38. The van der Waals surface area contributed by atoms with Gasteiger partial charge in [-0.3, -0.25) is 19.8 Å². The van der Waals surface area contributed by atoms with Crippen molar-refractivity contribution in [3.8, 4) is 0 Å². The van der Waals surface area contributed by atoms with Crippen LogP contribution in [0.4, 0.5) is 4.79 Å². The van der Waals surface area contributed by atoms with E-state index in [1.807, 2.05) is 0 Å². The maximum Gasteiger partial charge on any atom is 0.331 e. The van der Waals surface area contributed by atoms with Gasteiger partial charge in [0.2, 0.25) is 11.8 Å². The molecule has 108 valence electrons. The summed E-state index contributed by atoms with van der Waals surface area (Å²) in [6.45, 7) is 5.79. The van der Waals surface area contributed by atoms with Crippen molar-refractivity contribution in [1.82, 2.24) is 19.8 Å². The second-order valence-electron chi connectivity index (χ2n) is 5.33. The number of carbonyl (C=O) groups is 3. The minimum absolute atomic E-state index is 0.154. The van der Waals surface area contributed by atoms with Gasteiger partial charge in [0.05, 0.1) is 12.4 Å². The zero-order valence-electron chi connectivity index (χ0n) is 11.7. The molecule has 1 saturated heterocycles. The highest BCUT2D eigenvalue weighted by Crippen LogP contribution is 2.21. The van der Waals surface area contributed by atoms with Crippen LogP contribution < -0.4 is 5.32 Å². The van der Waals surface area contributed by atoms with Crippen LogP contribution in [0.5, 0.6) is 0 Å². The fourth-order valence-electron chi connectivity index (χ4n) is 2.39. The second-order valence-corrected chi connectivity index (χ2v) is 5.33. The van der Waals surface area contributed by atoms with E-state index in [0.29, 0.717) is 6.54 Å². The lowest BCUT2D eigenvalue weighted by molar-refractivity contribution is -0.145. The number of hydrogen-bond donors (Lipinski definition) is 1. The number of imide groups is 2. The van der Waals surface area contributed by atoms with E-state index in [2.05, 4.69) is 10.3 Å². The fourth-order valence-corrected chi connectivity index (χ4v) is 2.39. The Bertz CT molecular complexity index is 524. The summed E-state index contributed by atoms with van der Waals surface area (Å²) in [4.78, 5) is 41.1. The molecule has 7 nitrogen and oxygen atoms in total. The number of urea groups is 1. The highest BCUT2D eigenvalue weighted by Gasteiger charge is 2.43. The molecule has 4 amide bonds. The van der Waals surface area contributed by atoms with Crippen molar-refractivity contribution < 1.29 is 14.4 Å². The van der Waals surface area contributed by atoms with E-state index in [9.17, 15) is 14.4 Å². The van der Waals surface area contributed by atoms with E-state index < -0.39 is 23.8 Å². The van der Waals surface area contributed by atoms with Crippen molar-refractivity contribution in [3.63, 3.8) is 0 Å². The maximum atomic E-state index is 12.4. The van der Waals surface area contributed by atoms with Crippen LogP contribution in [0.25, 0.3) is 0 Å². The van der Waals surface area contributed by atoms with Gasteiger partial charge in [0, 0.05) is 18.9 Å². The number of carbonyl (C=O) groups excluding carboxylic acids is 3. The summed E-state index contributed by atoms with van der Waals surface area (Å²) in [7, 11) is 0. The number of nitrogens with zero attached hydrogens (tertiary/aromatic N) is 3. The Morgan fingerprint density at radius 3 is 2.55 bits per heavy atom. The minimum atomic E-state index is -0.807. The summed E-state index contributed by atoms with van der Waals surface area (Å²) in [6, 6.07) is -1.00. The molecule has 0 saturated carbocycles. The van der Waals surface area contributed by atoms with Crippen LogP contribution in [0.1, 0.15) is 20.8 Å². The number of barbiturate groups is 1. The molecule has 1 aromatic rings. The van der Waals surface area contributed by atoms with E-state index >= 15 is 0 Å². The van der Waals surface area contributed by atoms with Crippen molar-refractivity contribution in [2.45, 2.75) is 33.4 Å². The topological polar surface area (TPSA) is 84.3 Å². The minimum Gasteiger partial charge on any atom is -0.335 e. The van der Waals surface area contributed by atoms with Gasteiger partial charge in [-0.2, -0.15) is 0 Å². The quantitative estimate of drug-likeness (QED) is 0.818. The highest BCUT2D eigenvalue weighted by atomic mass is 16.2. The molecule has 0 spiro atoms. The Morgan fingerprint density at radius 2 is 2.00 bits per heavy atom. The highest BCUT2D eigenvalue weighted by molar-refractivity contribution is 6.16. The molecule has 1 aromatic heterocycles. The summed E-state index contributed by atoms with van der Waals surface area (Å²) in [5.41, 5.74) is 0. The van der Waals surface area contributed by atoms with Gasteiger partial charge in [-0.05, 0) is 12.8 Å². The van der Waals surface area contributed by atoms with Crippen LogP contribution in [0.2, 0.25) is 0 Å². The number of rotatable bonds is 4. The number of nitrogens with one attached hydrogen (secondary N) is 1. The first kappa shape index (κ1) is 14.2. The van der Waals surface area contributed by atoms with Crippen molar-refractivity contribution >= 4 is 17.8 Å². The van der Waals surface area contributed by atoms with Crippen LogP contribution >= 0.6 is 0 Å². The molecule has 1 aliphatic rings. The van der Waals surface area contributed by atoms with Crippen molar-refractivity contribution in [2.24, 2.45) is 11.8 Å². The molecule has 20 heavy (non-hydrogen) atoms. The first-order chi connectivity index (χ1) is 9.41. The summed E-state index contributed by atoms with van der Waals surface area (Å²) in [5.74, 6) is -1.90. The number of hydrogen-bond acceptors (Lipinski definition) is 4. The van der Waals surface area contributed by atoms with Crippen LogP contribution in [-0.4, -0.2) is 38.3 Å². The molecular weight excluding hydrogens is 260 g/mol. The van der Waals surface area contributed by atoms with Crippen molar-refractivity contribution in [2.75, 3.05) is 0 Å². The van der Waals surface area contributed by atoms with Crippen LogP contribution in [-0.2, 0) is 16.1 Å². The van der Waals surface area contributed by atoms with Gasteiger partial charge in [-0.1, -0.05) is 13.8 Å². The average Bonchev–Trinajstić information content (AvgIpc) is 2.79. The summed E-state index contributed by atoms with van der Waals surface area (Å²) < 4.78 is 1.78. The lowest BCUT2D eigenvalue weighted by atomic mass is 9.91. The predicted octanol–water partition coefficient (Wildman–Crippen LogP) is 0.622. The van der Waals surface area contributed by atoms with Gasteiger partial charge < -0.3 is 4.57 Å². The summed E-state index contributed by atoms with van der Waals surface area (Å²) >= 11 is 0. The predicted molar refractivity (Wildman–Crippen MR) is 70.4 cm³/mol. The zero-order valence-corrected chi connectivity index (χ0v) is 11.7. The van der Waals surface area contributed by atoms with Crippen LogP contribution in [0, 0.1) is 11.8 Å². The maximum absolute atomic E-state index is 12.4. The van der Waals surface area contributed by atoms with Gasteiger partial charge in [0.25, 0.3) is 0 Å². The first-order valence-electron chi connectivity index (χ1n) is 6.55. The number of aromatic nitrogens is 2. The van der Waals surface area contributed by atoms with Gasteiger partial charge in [-0.25, -0.2) is 9.78 Å². The molecule has 2 heterocycles. The van der Waals surface area contributed by atoms with E-state index in [1.54, 1.807) is 44.1 Å². The molecule has 0 bridgehead atoms. The van der Waals surface area contributed by atoms with Gasteiger partial charge in [-0.15, -0.1) is 0 Å². The average molecular weight is 278 g/mol. The van der Waals surface area contributed by atoms with E-state index in [4.69, 9.17) is 0 Å². The van der Waals surface area contributed by atoms with Crippen molar-refractivity contribution in [3.05, 3.63) is 18.7 Å². The lowest BCUT2D eigenvalue weighted by Gasteiger charge is -2.35. The van der Waals surface area contributed by atoms with Crippen LogP contribution in [0.15, 0.2) is 18.7 Å². The number of imidazole rings is 1. The smallest absolute Gasteiger partial charge is 0.331 e. The van der Waals surface area contributed by atoms with E-state index in [-0.39, 0.29) is 12.0 Å². The first-order valence-corrected chi connectivity index (χ1v) is 6.55. The summed E-state index contributed by atoms with van der Waals surface area (Å²) in [6.07, 6.45) is 5.01. The zero-order chi connectivity index (χ0) is 14.9. The van der Waals surface area contributed by atoms with Crippen LogP contribution in [0.3, 0.4) is 0 Å². The fraction of sp³-hybridized carbons (Fsp3) is 0.538. The Balaban J connectivity index is 2.18. The molecule has 7 heteroatoms. The molecule has 0 aromatic carbocycles. The molecule has 2 unspecified atom stereocenters. The Morgan fingerprint density at radius 1 is 1.30 bits per heavy atom. The van der Waals surface area contributed by atoms with E-state index in [0.717, 1.165) is 4.90 Å².